The lowest BCUT2D eigenvalue weighted by molar-refractivity contribution is -0.115. The van der Waals surface area contributed by atoms with Crippen LogP contribution in [-0.2, 0) is 11.2 Å². The van der Waals surface area contributed by atoms with E-state index >= 15 is 0 Å². The number of rotatable bonds is 13. The van der Waals surface area contributed by atoms with Crippen LogP contribution in [0.5, 0.6) is 5.75 Å². The smallest absolute Gasteiger partial charge is 0.227 e. The topological polar surface area (TPSA) is 145 Å². The molecule has 0 saturated carbocycles. The number of H-pyrrole nitrogens is 1. The number of nitrogens with one attached hydrogen (secondary N) is 3. The standard InChI is InChI=1S/C32H38N8O4/c1-6-29(42)34-23-18-24(27(43-5)19-25(23)40(4)14-13-39(2)3)36-32-33-12-9-22(35-32)31-30(37-28(38-31)10-15-41)21-8-7-20-11-16-44-26(20)17-21/h7-9,11-12,16-19,41H,6,10,13-15H2,1-5H3,(H,34,42)(H,37,38)(H,33,35,36). The first-order chi connectivity index (χ1) is 21.3. The van der Waals surface area contributed by atoms with Crippen LogP contribution in [0.15, 0.2) is 59.3 Å². The van der Waals surface area contributed by atoms with Crippen LogP contribution in [0.25, 0.3) is 33.6 Å². The summed E-state index contributed by atoms with van der Waals surface area (Å²) in [4.78, 5) is 34.0. The van der Waals surface area contributed by atoms with Gasteiger partial charge >= 0.3 is 0 Å². The van der Waals surface area contributed by atoms with Crippen molar-refractivity contribution in [2.24, 2.45) is 0 Å². The number of nitrogens with zero attached hydrogens (tertiary/aromatic N) is 5. The summed E-state index contributed by atoms with van der Waals surface area (Å²) in [5, 5.41) is 16.9. The molecule has 0 aliphatic carbocycles. The lowest BCUT2D eigenvalue weighted by Crippen LogP contribution is -2.29. The lowest BCUT2D eigenvalue weighted by Gasteiger charge is -2.26. The molecule has 0 saturated heterocycles. The van der Waals surface area contributed by atoms with E-state index in [9.17, 15) is 9.90 Å². The highest BCUT2D eigenvalue weighted by atomic mass is 16.5. The first-order valence-electron chi connectivity index (χ1n) is 14.4. The Morgan fingerprint density at radius 2 is 1.91 bits per heavy atom. The van der Waals surface area contributed by atoms with Crippen molar-refractivity contribution >= 4 is 39.9 Å². The van der Waals surface area contributed by atoms with Gasteiger partial charge in [-0.05, 0) is 38.4 Å². The van der Waals surface area contributed by atoms with Crippen LogP contribution >= 0.6 is 0 Å². The Morgan fingerprint density at radius 1 is 1.07 bits per heavy atom. The van der Waals surface area contributed by atoms with E-state index in [1.54, 1.807) is 25.6 Å². The number of carbonyl (C=O) groups is 1. The molecule has 44 heavy (non-hydrogen) atoms. The Labute approximate surface area is 256 Å². The second-order valence-electron chi connectivity index (χ2n) is 10.6. The molecule has 3 aromatic heterocycles. The molecule has 12 heteroatoms. The Balaban J connectivity index is 1.51. The molecule has 3 heterocycles. The molecular formula is C32H38N8O4. The number of fused-ring (bicyclic) bond motifs is 1. The maximum atomic E-state index is 12.5. The molecule has 0 atom stereocenters. The van der Waals surface area contributed by atoms with E-state index in [1.807, 2.05) is 64.5 Å². The highest BCUT2D eigenvalue weighted by molar-refractivity contribution is 5.96. The van der Waals surface area contributed by atoms with Crippen LogP contribution in [0, 0.1) is 0 Å². The third-order valence-electron chi connectivity index (χ3n) is 7.20. The van der Waals surface area contributed by atoms with E-state index in [2.05, 4.69) is 30.4 Å². The van der Waals surface area contributed by atoms with Gasteiger partial charge in [0.1, 0.15) is 17.2 Å². The van der Waals surface area contributed by atoms with Crippen LogP contribution in [0.4, 0.5) is 23.0 Å². The van der Waals surface area contributed by atoms with E-state index in [0.717, 1.165) is 35.3 Å². The van der Waals surface area contributed by atoms with Gasteiger partial charge in [-0.2, -0.15) is 0 Å². The number of furan rings is 1. The van der Waals surface area contributed by atoms with E-state index in [-0.39, 0.29) is 12.5 Å². The Hall–Kier alpha value is -4.94. The fourth-order valence-corrected chi connectivity index (χ4v) is 4.78. The molecule has 5 rings (SSSR count). The van der Waals surface area contributed by atoms with Crippen molar-refractivity contribution in [1.29, 1.82) is 0 Å². The highest BCUT2D eigenvalue weighted by Gasteiger charge is 2.19. The summed E-state index contributed by atoms with van der Waals surface area (Å²) >= 11 is 0. The number of hydrogen-bond donors (Lipinski definition) is 4. The third kappa shape index (κ3) is 6.82. The van der Waals surface area contributed by atoms with Gasteiger partial charge in [0, 0.05) is 56.2 Å². The van der Waals surface area contributed by atoms with E-state index in [0.29, 0.717) is 58.8 Å². The monoisotopic (exact) mass is 598 g/mol. The Bertz CT molecular complexity index is 1750. The molecule has 0 aliphatic rings. The fourth-order valence-electron chi connectivity index (χ4n) is 4.78. The summed E-state index contributed by atoms with van der Waals surface area (Å²) < 4.78 is 11.4. The highest BCUT2D eigenvalue weighted by Crippen LogP contribution is 2.38. The Kier molecular flexibility index (Phi) is 9.41. The SMILES string of the molecule is CCC(=O)Nc1cc(Nc2nccc(-c3[nH]c(CCO)nc3-c3ccc4ccoc4c3)n2)c(OC)cc1N(C)CCN(C)C. The molecule has 4 N–H and O–H groups in total. The molecule has 2 aromatic carbocycles. The number of hydrogen-bond acceptors (Lipinski definition) is 10. The molecule has 0 bridgehead atoms. The minimum absolute atomic E-state index is 0.0444. The molecule has 230 valence electrons. The minimum Gasteiger partial charge on any atom is -0.494 e. The van der Waals surface area contributed by atoms with Crippen molar-refractivity contribution in [2.45, 2.75) is 19.8 Å². The maximum absolute atomic E-state index is 12.5. The van der Waals surface area contributed by atoms with Gasteiger partial charge in [0.25, 0.3) is 0 Å². The predicted octanol–water partition coefficient (Wildman–Crippen LogP) is 4.91. The number of methoxy groups -OCH3 is 1. The largest absolute Gasteiger partial charge is 0.494 e. The van der Waals surface area contributed by atoms with Gasteiger partial charge in [-0.15, -0.1) is 0 Å². The fraction of sp³-hybridized carbons (Fsp3) is 0.312. The number of ether oxygens (including phenoxy) is 1. The number of benzene rings is 2. The molecule has 0 aliphatic heterocycles. The van der Waals surface area contributed by atoms with Gasteiger partial charge in [0.05, 0.1) is 54.1 Å². The summed E-state index contributed by atoms with van der Waals surface area (Å²) in [5.74, 6) is 1.43. The van der Waals surface area contributed by atoms with Gasteiger partial charge in [-0.25, -0.2) is 15.0 Å². The quantitative estimate of drug-likeness (QED) is 0.147. The van der Waals surface area contributed by atoms with Crippen molar-refractivity contribution in [1.82, 2.24) is 24.8 Å². The van der Waals surface area contributed by atoms with Crippen LogP contribution in [0.1, 0.15) is 19.2 Å². The van der Waals surface area contributed by atoms with Crippen molar-refractivity contribution in [2.75, 3.05) is 63.5 Å². The summed E-state index contributed by atoms with van der Waals surface area (Å²) in [6, 6.07) is 13.3. The molecule has 12 nitrogen and oxygen atoms in total. The minimum atomic E-state index is -0.0974. The van der Waals surface area contributed by atoms with Gasteiger partial charge in [-0.3, -0.25) is 4.79 Å². The van der Waals surface area contributed by atoms with Crippen molar-refractivity contribution < 1.29 is 19.1 Å². The van der Waals surface area contributed by atoms with Gasteiger partial charge < -0.3 is 39.7 Å². The van der Waals surface area contributed by atoms with Crippen LogP contribution in [0.2, 0.25) is 0 Å². The van der Waals surface area contributed by atoms with E-state index in [4.69, 9.17) is 19.1 Å². The molecule has 0 fully saturated rings. The number of carbonyl (C=O) groups excluding carboxylic acids is 1. The van der Waals surface area contributed by atoms with Gasteiger partial charge in [0.2, 0.25) is 11.9 Å². The van der Waals surface area contributed by atoms with E-state index in [1.165, 1.54) is 0 Å². The predicted molar refractivity (Wildman–Crippen MR) is 173 cm³/mol. The van der Waals surface area contributed by atoms with Crippen molar-refractivity contribution in [3.05, 3.63) is 60.7 Å². The number of amides is 1. The van der Waals surface area contributed by atoms with Crippen LogP contribution in [0.3, 0.4) is 0 Å². The van der Waals surface area contributed by atoms with Crippen LogP contribution in [-0.4, -0.2) is 83.8 Å². The molecule has 0 spiro atoms. The number of aromatic amines is 1. The zero-order valence-electron chi connectivity index (χ0n) is 25.6. The van der Waals surface area contributed by atoms with Crippen molar-refractivity contribution in [3.63, 3.8) is 0 Å². The number of anilines is 4. The number of aliphatic hydroxyl groups is 1. The molecule has 0 radical (unpaired) electrons. The first kappa shape index (κ1) is 30.5. The summed E-state index contributed by atoms with van der Waals surface area (Å²) in [6.45, 7) is 3.36. The lowest BCUT2D eigenvalue weighted by atomic mass is 10.1. The van der Waals surface area contributed by atoms with Crippen molar-refractivity contribution in [3.8, 4) is 28.4 Å². The third-order valence-corrected chi connectivity index (χ3v) is 7.20. The number of aliphatic hydroxyl groups excluding tert-OH is 1. The first-order valence-corrected chi connectivity index (χ1v) is 14.4. The average Bonchev–Trinajstić information content (AvgIpc) is 3.67. The average molecular weight is 599 g/mol. The molecule has 0 unspecified atom stereocenters. The number of imidazole rings is 1. The number of likely N-dealkylation sites (N-methyl/N-ethyl adjacent to an activating group) is 2. The van der Waals surface area contributed by atoms with Crippen LogP contribution < -0.4 is 20.3 Å². The summed E-state index contributed by atoms with van der Waals surface area (Å²) in [7, 11) is 7.62. The Morgan fingerprint density at radius 3 is 2.66 bits per heavy atom. The maximum Gasteiger partial charge on any atom is 0.227 e. The summed E-state index contributed by atoms with van der Waals surface area (Å²) in [6.07, 6.45) is 4.02. The van der Waals surface area contributed by atoms with Gasteiger partial charge in [0.15, 0.2) is 0 Å². The number of aromatic nitrogens is 4. The zero-order chi connectivity index (χ0) is 31.2. The second-order valence-corrected chi connectivity index (χ2v) is 10.6. The second kappa shape index (κ2) is 13.6. The molecule has 5 aromatic rings. The normalized spacial score (nSPS) is 11.2. The van der Waals surface area contributed by atoms with Gasteiger partial charge in [-0.1, -0.05) is 19.1 Å². The van der Waals surface area contributed by atoms with E-state index < -0.39 is 0 Å². The zero-order valence-corrected chi connectivity index (χ0v) is 25.6. The summed E-state index contributed by atoms with van der Waals surface area (Å²) in [5.41, 5.74) is 5.64. The molecule has 1 amide bonds. The molecular weight excluding hydrogens is 560 g/mol.